The van der Waals surface area contributed by atoms with Gasteiger partial charge in [0.2, 0.25) is 5.71 Å². The lowest BCUT2D eigenvalue weighted by molar-refractivity contribution is 0.114. The van der Waals surface area contributed by atoms with Gasteiger partial charge in [-0.25, -0.2) is 9.97 Å². The van der Waals surface area contributed by atoms with Crippen molar-refractivity contribution in [1.29, 1.82) is 0 Å². The first-order valence-electron chi connectivity index (χ1n) is 24.1. The predicted molar refractivity (Wildman–Crippen MR) is 272 cm³/mol. The number of aromatic nitrogens is 3. The zero-order chi connectivity index (χ0) is 44.6. The van der Waals surface area contributed by atoms with Crippen LogP contribution in [-0.2, 0) is 5.41 Å². The number of aromatic hydroxyl groups is 1. The van der Waals surface area contributed by atoms with Gasteiger partial charge in [-0.2, -0.15) is 0 Å². The van der Waals surface area contributed by atoms with Gasteiger partial charge in [0, 0.05) is 27.5 Å². The summed E-state index contributed by atoms with van der Waals surface area (Å²) in [7, 11) is 0. The number of hydrogen-bond donors (Lipinski definition) is 1. The second-order valence-electron chi connectivity index (χ2n) is 20.3. The average molecular weight is 862 g/mol. The number of pyridine rings is 1. The molecule has 0 aliphatic heterocycles. The monoisotopic (exact) mass is 861 g/mol. The molecule has 3 heterocycles. The molecule has 2 fully saturated rings. The third kappa shape index (κ3) is 7.08. The van der Waals surface area contributed by atoms with Crippen LogP contribution in [0.1, 0.15) is 95.6 Å². The molecule has 326 valence electrons. The van der Waals surface area contributed by atoms with Gasteiger partial charge < -0.3 is 9.52 Å². The SMILES string of the molecule is CC(C)(C)c1ccc2cc3c(cc2c1)oc1nc(-c2cccc(-c4cc(C5CCC6(CCCCC6)CC5)cc5c4nc(-c4ccccc4O)n5-c4ccccc4-c4ccccc4)c2)ccc13. The maximum Gasteiger partial charge on any atom is 0.227 e. The van der Waals surface area contributed by atoms with Crippen molar-refractivity contribution in [2.45, 2.75) is 89.9 Å². The molecule has 3 aromatic heterocycles. The Labute approximate surface area is 386 Å². The van der Waals surface area contributed by atoms with Crippen LogP contribution in [0.5, 0.6) is 5.75 Å². The molecule has 12 rings (SSSR count). The molecule has 0 atom stereocenters. The van der Waals surface area contributed by atoms with E-state index in [1.165, 1.54) is 79.7 Å². The molecule has 5 nitrogen and oxygen atoms in total. The Morgan fingerprint density at radius 3 is 2.14 bits per heavy atom. The molecule has 5 heteroatoms. The van der Waals surface area contributed by atoms with Crippen LogP contribution in [0.4, 0.5) is 0 Å². The minimum absolute atomic E-state index is 0.0595. The highest BCUT2D eigenvalue weighted by Crippen LogP contribution is 2.52. The second-order valence-corrected chi connectivity index (χ2v) is 20.3. The number of hydrogen-bond acceptors (Lipinski definition) is 4. The number of furan rings is 1. The van der Waals surface area contributed by atoms with Crippen LogP contribution in [0.2, 0.25) is 0 Å². The van der Waals surface area contributed by atoms with E-state index in [1.54, 1.807) is 6.07 Å². The Morgan fingerprint density at radius 1 is 0.591 bits per heavy atom. The molecule has 2 saturated carbocycles. The van der Waals surface area contributed by atoms with Gasteiger partial charge in [0.15, 0.2) is 0 Å². The number of imidazole rings is 1. The van der Waals surface area contributed by atoms with Crippen molar-refractivity contribution in [3.05, 3.63) is 169 Å². The predicted octanol–water partition coefficient (Wildman–Crippen LogP) is 16.8. The number of phenolic OH excluding ortho intramolecular Hbond substituents is 1. The summed E-state index contributed by atoms with van der Waals surface area (Å²) >= 11 is 0. The quantitative estimate of drug-likeness (QED) is 0.181. The molecule has 2 aliphatic rings. The molecule has 1 spiro atoms. The first kappa shape index (κ1) is 40.5. The number of nitrogens with zero attached hydrogens (tertiary/aromatic N) is 3. The van der Waals surface area contributed by atoms with Gasteiger partial charge >= 0.3 is 0 Å². The topological polar surface area (TPSA) is 64.1 Å². The molecule has 0 amide bonds. The summed E-state index contributed by atoms with van der Waals surface area (Å²) < 4.78 is 8.86. The van der Waals surface area contributed by atoms with Crippen LogP contribution in [0.15, 0.2) is 162 Å². The minimum atomic E-state index is 0.0595. The maximum atomic E-state index is 11.5. The van der Waals surface area contributed by atoms with Gasteiger partial charge in [-0.15, -0.1) is 0 Å². The Hall–Kier alpha value is -6.98. The molecule has 10 aromatic rings. The van der Waals surface area contributed by atoms with E-state index in [0.29, 0.717) is 28.4 Å². The summed E-state index contributed by atoms with van der Waals surface area (Å²) in [5.74, 6) is 1.36. The highest BCUT2D eigenvalue weighted by molar-refractivity contribution is 6.09. The van der Waals surface area contributed by atoms with Crippen LogP contribution >= 0.6 is 0 Å². The third-order valence-electron chi connectivity index (χ3n) is 15.2. The maximum absolute atomic E-state index is 11.5. The van der Waals surface area contributed by atoms with Gasteiger partial charge in [-0.05, 0) is 149 Å². The first-order valence-corrected chi connectivity index (χ1v) is 24.1. The van der Waals surface area contributed by atoms with Gasteiger partial charge in [-0.1, -0.05) is 137 Å². The number of benzene rings is 7. The molecule has 0 bridgehead atoms. The molecule has 66 heavy (non-hydrogen) atoms. The lowest BCUT2D eigenvalue weighted by atomic mass is 9.62. The van der Waals surface area contributed by atoms with Crippen LogP contribution in [0.25, 0.3) is 94.5 Å². The molecule has 0 unspecified atom stereocenters. The minimum Gasteiger partial charge on any atom is -0.507 e. The highest BCUT2D eigenvalue weighted by atomic mass is 16.3. The lowest BCUT2D eigenvalue weighted by Gasteiger charge is -2.43. The smallest absolute Gasteiger partial charge is 0.227 e. The van der Waals surface area contributed by atoms with Gasteiger partial charge in [0.25, 0.3) is 0 Å². The van der Waals surface area contributed by atoms with Crippen molar-refractivity contribution >= 4 is 43.9 Å². The molecule has 1 N–H and O–H groups in total. The Morgan fingerprint density at radius 2 is 1.33 bits per heavy atom. The van der Waals surface area contributed by atoms with Crippen molar-refractivity contribution in [2.75, 3.05) is 0 Å². The second kappa shape index (κ2) is 15.9. The van der Waals surface area contributed by atoms with Crippen LogP contribution in [-0.4, -0.2) is 19.6 Å². The van der Waals surface area contributed by atoms with E-state index in [0.717, 1.165) is 66.6 Å². The summed E-state index contributed by atoms with van der Waals surface area (Å²) in [4.78, 5) is 10.8. The molecule has 0 saturated heterocycles. The van der Waals surface area contributed by atoms with Crippen LogP contribution in [0, 0.1) is 5.41 Å². The zero-order valence-electron chi connectivity index (χ0n) is 38.1. The fraction of sp³-hybridized carbons (Fsp3) is 0.246. The Balaban J connectivity index is 1.03. The molecule has 7 aromatic carbocycles. The van der Waals surface area contributed by atoms with Crippen LogP contribution < -0.4 is 0 Å². The number of rotatable bonds is 6. The standard InChI is InChI=1S/C61H55N3O2/c1-60(2,3)46-24-23-41-35-51-48-25-26-52(62-59(48)66-56(51)38-44(41)34-46)43-18-14-17-42(33-43)50-36-45(39-27-31-61(32-28-39)29-12-5-13-30-61)37-54-57(50)63-58(49-20-9-11-22-55(49)65)64(54)53-21-10-8-19-47(53)40-15-6-4-7-16-40/h4,6-11,14-26,33-39,65H,5,12-13,27-32H2,1-3H3. The van der Waals surface area contributed by atoms with E-state index in [1.807, 2.05) is 18.2 Å². The summed E-state index contributed by atoms with van der Waals surface area (Å²) in [5, 5.41) is 16.0. The Kier molecular flexibility index (Phi) is 9.75. The zero-order valence-corrected chi connectivity index (χ0v) is 38.1. The highest BCUT2D eigenvalue weighted by Gasteiger charge is 2.37. The average Bonchev–Trinajstić information content (AvgIpc) is 3.91. The van der Waals surface area contributed by atoms with E-state index < -0.39 is 0 Å². The van der Waals surface area contributed by atoms with Gasteiger partial charge in [-0.3, -0.25) is 4.57 Å². The Bertz CT molecular complexity index is 3460. The summed E-state index contributed by atoms with van der Waals surface area (Å²) in [5.41, 5.74) is 14.7. The molecular formula is C61H55N3O2. The van der Waals surface area contributed by atoms with E-state index in [-0.39, 0.29) is 11.2 Å². The third-order valence-corrected chi connectivity index (χ3v) is 15.2. The first-order chi connectivity index (χ1) is 32.2. The van der Waals surface area contributed by atoms with Crippen molar-refractivity contribution in [3.8, 4) is 56.3 Å². The number of fused-ring (bicyclic) bond motifs is 5. The normalized spacial score (nSPS) is 15.7. The van der Waals surface area contributed by atoms with Gasteiger partial charge in [0.1, 0.15) is 17.2 Å². The molecular weight excluding hydrogens is 807 g/mol. The van der Waals surface area contributed by atoms with E-state index >= 15 is 0 Å². The van der Waals surface area contributed by atoms with Crippen molar-refractivity contribution < 1.29 is 9.52 Å². The molecule has 0 radical (unpaired) electrons. The number of phenols is 1. The van der Waals surface area contributed by atoms with Crippen molar-refractivity contribution in [3.63, 3.8) is 0 Å². The van der Waals surface area contributed by atoms with Crippen LogP contribution in [0.3, 0.4) is 0 Å². The van der Waals surface area contributed by atoms with Crippen molar-refractivity contribution in [1.82, 2.24) is 14.5 Å². The fourth-order valence-corrected chi connectivity index (χ4v) is 11.5. The van der Waals surface area contributed by atoms with E-state index in [4.69, 9.17) is 14.4 Å². The summed E-state index contributed by atoms with van der Waals surface area (Å²) in [6, 6.07) is 55.9. The van der Waals surface area contributed by atoms with Gasteiger partial charge in [0.05, 0.1) is 28.0 Å². The fourth-order valence-electron chi connectivity index (χ4n) is 11.5. The van der Waals surface area contributed by atoms with E-state index in [9.17, 15) is 5.11 Å². The largest absolute Gasteiger partial charge is 0.507 e. The summed E-state index contributed by atoms with van der Waals surface area (Å²) in [6.07, 6.45) is 11.9. The molecule has 2 aliphatic carbocycles. The van der Waals surface area contributed by atoms with E-state index in [2.05, 4.69) is 159 Å². The van der Waals surface area contributed by atoms with Crippen molar-refractivity contribution in [2.24, 2.45) is 5.41 Å². The lowest BCUT2D eigenvalue weighted by Crippen LogP contribution is -2.29. The number of para-hydroxylation sites is 2. The summed E-state index contributed by atoms with van der Waals surface area (Å²) in [6.45, 7) is 6.76.